The van der Waals surface area contributed by atoms with Gasteiger partial charge in [0.25, 0.3) is 11.6 Å². The molecule has 0 saturated heterocycles. The maximum atomic E-state index is 14.5. The Kier molecular flexibility index (Phi) is 10.2. The fourth-order valence-corrected chi connectivity index (χ4v) is 12.2. The number of rotatable bonds is 8. The van der Waals surface area contributed by atoms with Gasteiger partial charge in [-0.2, -0.15) is 9.13 Å². The van der Waals surface area contributed by atoms with Crippen LogP contribution in [0.15, 0.2) is 152 Å². The fraction of sp³-hybridized carbons (Fsp3) is 0.219. The first kappa shape index (κ1) is 43.8. The number of para-hydroxylation sites is 1. The Balaban J connectivity index is 1.16. The van der Waals surface area contributed by atoms with E-state index in [1.807, 2.05) is 24.3 Å². The molecule has 0 amide bonds. The largest absolute Gasteiger partial charge is 0.295 e. The van der Waals surface area contributed by atoms with Gasteiger partial charge in [0.15, 0.2) is 22.1 Å². The maximum Gasteiger partial charge on any atom is 0.295 e. The van der Waals surface area contributed by atoms with Crippen molar-refractivity contribution in [1.29, 1.82) is 0 Å². The third-order valence-electron chi connectivity index (χ3n) is 15.7. The zero-order chi connectivity index (χ0) is 48.4. The van der Waals surface area contributed by atoms with Crippen molar-refractivity contribution in [2.45, 2.75) is 85.6 Å². The average Bonchev–Trinajstić information content (AvgIpc) is 3.83. The number of hydrogen-bond donors (Lipinski definition) is 0. The van der Waals surface area contributed by atoms with Crippen LogP contribution in [0.3, 0.4) is 0 Å². The van der Waals surface area contributed by atoms with E-state index < -0.39 is 0 Å². The lowest BCUT2D eigenvalue weighted by atomic mass is 9.81. The van der Waals surface area contributed by atoms with Crippen LogP contribution in [0.5, 0.6) is 0 Å². The zero-order valence-corrected chi connectivity index (χ0v) is 41.5. The van der Waals surface area contributed by atoms with E-state index in [2.05, 4.69) is 184 Å². The van der Waals surface area contributed by atoms with Crippen molar-refractivity contribution in [2.24, 2.45) is 7.05 Å². The van der Waals surface area contributed by atoms with Crippen molar-refractivity contribution in [1.82, 2.24) is 9.13 Å². The summed E-state index contributed by atoms with van der Waals surface area (Å²) in [6, 6.07) is 52.5. The summed E-state index contributed by atoms with van der Waals surface area (Å²) in [4.78, 5) is 0. The Morgan fingerprint density at radius 2 is 1.10 bits per heavy atom. The van der Waals surface area contributed by atoms with Crippen molar-refractivity contribution in [3.8, 4) is 56.4 Å². The van der Waals surface area contributed by atoms with Crippen LogP contribution in [0.25, 0.3) is 78.5 Å². The van der Waals surface area contributed by atoms with Gasteiger partial charge in [-0.05, 0) is 137 Å². The van der Waals surface area contributed by atoms with Crippen LogP contribution >= 0.6 is 0 Å². The maximum absolute atomic E-state index is 14.5. The molecule has 2 aliphatic rings. The Morgan fingerprint density at radius 1 is 0.500 bits per heavy atom. The molecule has 2 atom stereocenters. The van der Waals surface area contributed by atoms with E-state index >= 15 is 0 Å². The van der Waals surface area contributed by atoms with Crippen molar-refractivity contribution >= 4 is 22.1 Å². The van der Waals surface area contributed by atoms with Crippen molar-refractivity contribution in [3.05, 3.63) is 213 Å². The predicted molar refractivity (Wildman–Crippen MR) is 281 cm³/mol. The Bertz CT molecular complexity index is 3770. The number of imidazole rings is 2. The van der Waals surface area contributed by atoms with Crippen LogP contribution in [0.4, 0.5) is 8.78 Å². The van der Waals surface area contributed by atoms with E-state index in [0.717, 1.165) is 39.4 Å². The first-order valence-corrected chi connectivity index (χ1v) is 24.9. The summed E-state index contributed by atoms with van der Waals surface area (Å²) in [5.41, 5.74) is 25.3. The molecule has 0 radical (unpaired) electrons. The van der Waals surface area contributed by atoms with E-state index in [1.165, 1.54) is 89.1 Å². The summed E-state index contributed by atoms with van der Waals surface area (Å²) in [7, 11) is 2.20. The second-order valence-corrected chi connectivity index (χ2v) is 20.6. The molecule has 0 spiro atoms. The van der Waals surface area contributed by atoms with Gasteiger partial charge in [-0.15, -0.1) is 0 Å². The molecule has 4 nitrogen and oxygen atoms in total. The predicted octanol–water partition coefficient (Wildman–Crippen LogP) is 15.5. The van der Waals surface area contributed by atoms with Gasteiger partial charge in [-0.1, -0.05) is 120 Å². The standard InChI is InChI=1S/C64H58F2N4/c1-36(2)48-19-14-20-51-41(8)58-52(44-23-27-47(66)28-24-44)29-30-56-62(58)70(59(48)51)64(50-18-13-11-16-39(50)6)68(56)35-42-31-53(37(3)4)60-54(32-42)40(7)55-33-45(43-21-25-46(65)26-22-43)34-57-61(55)69(60)63(67(57)9)49-17-12-10-15-38(49)5/h10-34,36-37,40-41H,35H2,1-9H3/q+2. The highest BCUT2D eigenvalue weighted by atomic mass is 19.1. The molecule has 2 aliphatic heterocycles. The summed E-state index contributed by atoms with van der Waals surface area (Å²) >= 11 is 0. The molecule has 0 N–H and O–H groups in total. The third kappa shape index (κ3) is 6.52. The number of aromatic nitrogens is 4. The van der Waals surface area contributed by atoms with E-state index in [4.69, 9.17) is 0 Å². The molecule has 10 aromatic rings. The van der Waals surface area contributed by atoms with Crippen molar-refractivity contribution in [2.75, 3.05) is 0 Å². The molecular formula is C64H58F2N4+2. The van der Waals surface area contributed by atoms with Gasteiger partial charge >= 0.3 is 0 Å². The first-order chi connectivity index (χ1) is 33.8. The quantitative estimate of drug-likeness (QED) is 0.135. The van der Waals surface area contributed by atoms with Gasteiger partial charge in [0.1, 0.15) is 29.6 Å². The van der Waals surface area contributed by atoms with Crippen molar-refractivity contribution in [3.63, 3.8) is 0 Å². The number of hydrogen-bond acceptors (Lipinski definition) is 0. The Morgan fingerprint density at radius 3 is 1.74 bits per heavy atom. The highest BCUT2D eigenvalue weighted by Crippen LogP contribution is 2.50. The number of nitrogens with zero attached hydrogens (tertiary/aromatic N) is 4. The number of benzene rings is 8. The number of aryl methyl sites for hydroxylation is 3. The lowest BCUT2D eigenvalue weighted by Gasteiger charge is -2.26. The van der Waals surface area contributed by atoms with Gasteiger partial charge < -0.3 is 0 Å². The van der Waals surface area contributed by atoms with Crippen LogP contribution in [0, 0.1) is 25.5 Å². The van der Waals surface area contributed by atoms with Crippen LogP contribution in [-0.2, 0) is 13.6 Å². The molecule has 6 heteroatoms. The minimum Gasteiger partial charge on any atom is -0.225 e. The normalized spacial score (nSPS) is 14.8. The molecule has 0 aliphatic carbocycles. The second-order valence-electron chi connectivity index (χ2n) is 20.6. The molecule has 12 rings (SSSR count). The molecule has 0 bridgehead atoms. The lowest BCUT2D eigenvalue weighted by Crippen LogP contribution is -2.37. The average molecular weight is 921 g/mol. The van der Waals surface area contributed by atoms with Crippen LogP contribution in [0.1, 0.15) is 115 Å². The van der Waals surface area contributed by atoms with E-state index in [-0.39, 0.29) is 35.3 Å². The molecule has 0 saturated carbocycles. The highest BCUT2D eigenvalue weighted by Gasteiger charge is 2.42. The summed E-state index contributed by atoms with van der Waals surface area (Å²) in [5.74, 6) is 2.45. The number of halogens is 2. The third-order valence-corrected chi connectivity index (χ3v) is 15.7. The molecule has 70 heavy (non-hydrogen) atoms. The minimum atomic E-state index is -0.238. The summed E-state index contributed by atoms with van der Waals surface area (Å²) in [6.07, 6.45) is 0. The molecule has 0 fully saturated rings. The number of fused-ring (bicyclic) bond motifs is 4. The van der Waals surface area contributed by atoms with Gasteiger partial charge in [-0.25, -0.2) is 17.9 Å². The highest BCUT2D eigenvalue weighted by molar-refractivity contribution is 5.94. The van der Waals surface area contributed by atoms with Gasteiger partial charge in [0, 0.05) is 45.2 Å². The van der Waals surface area contributed by atoms with Crippen LogP contribution in [-0.4, -0.2) is 9.13 Å². The van der Waals surface area contributed by atoms with E-state index in [9.17, 15) is 8.78 Å². The molecule has 2 unspecified atom stereocenters. The topological polar surface area (TPSA) is 17.6 Å². The Hall–Kier alpha value is -7.44. The van der Waals surface area contributed by atoms with Gasteiger partial charge in [0.2, 0.25) is 0 Å². The lowest BCUT2D eigenvalue weighted by molar-refractivity contribution is -0.651. The zero-order valence-electron chi connectivity index (χ0n) is 41.5. The van der Waals surface area contributed by atoms with Crippen molar-refractivity contribution < 1.29 is 17.9 Å². The summed E-state index contributed by atoms with van der Waals surface area (Å²) in [5, 5.41) is 0. The van der Waals surface area contributed by atoms with Crippen LogP contribution in [0.2, 0.25) is 0 Å². The fourth-order valence-electron chi connectivity index (χ4n) is 12.2. The molecule has 8 aromatic carbocycles. The van der Waals surface area contributed by atoms with Gasteiger partial charge in [-0.3, -0.25) is 0 Å². The van der Waals surface area contributed by atoms with E-state index in [0.29, 0.717) is 6.54 Å². The smallest absolute Gasteiger partial charge is 0.225 e. The first-order valence-electron chi connectivity index (χ1n) is 24.9. The summed E-state index contributed by atoms with van der Waals surface area (Å²) < 4.78 is 39.0. The van der Waals surface area contributed by atoms with Gasteiger partial charge in [0.05, 0.1) is 18.2 Å². The minimum absolute atomic E-state index is 0.0536. The molecular weight excluding hydrogens is 863 g/mol. The molecule has 346 valence electrons. The van der Waals surface area contributed by atoms with Crippen LogP contribution < -0.4 is 9.13 Å². The molecule has 4 heterocycles. The monoisotopic (exact) mass is 920 g/mol. The summed E-state index contributed by atoms with van der Waals surface area (Å²) in [6.45, 7) is 19.1. The second kappa shape index (κ2) is 16.3. The van der Waals surface area contributed by atoms with E-state index in [1.54, 1.807) is 24.3 Å². The Labute approximate surface area is 409 Å². The SMILES string of the molecule is Cc1ccccc1-c1n2c3c(cc(-c4ccc(F)cc4)cc3[n+]1C)C(C)c1cc(C[n+]3c(-c4ccccc4C)n4c5c(c(-c6ccc(F)cc6)ccc53)C(C)c3cccc(C(C)C)c3-4)cc(C(C)C)c1-2. The molecule has 2 aromatic heterocycles.